The van der Waals surface area contributed by atoms with Crippen molar-refractivity contribution in [1.29, 1.82) is 0 Å². The summed E-state index contributed by atoms with van der Waals surface area (Å²) in [7, 11) is 0. The van der Waals surface area contributed by atoms with E-state index in [1.165, 1.54) is 12.8 Å². The summed E-state index contributed by atoms with van der Waals surface area (Å²) >= 11 is 0. The topological polar surface area (TPSA) is 42.2 Å². The van der Waals surface area contributed by atoms with Crippen molar-refractivity contribution in [2.45, 2.75) is 39.7 Å². The zero-order valence-corrected chi connectivity index (χ0v) is 10.6. The lowest BCUT2D eigenvalue weighted by Gasteiger charge is -2.25. The number of pyridine rings is 1. The molecule has 0 aromatic carbocycles. The molecule has 0 aliphatic rings. The lowest BCUT2D eigenvalue weighted by Crippen LogP contribution is -2.27. The zero-order chi connectivity index (χ0) is 12.0. The van der Waals surface area contributed by atoms with Gasteiger partial charge in [-0.1, -0.05) is 19.4 Å². The van der Waals surface area contributed by atoms with Crippen molar-refractivity contribution < 1.29 is 0 Å². The van der Waals surface area contributed by atoms with Crippen LogP contribution >= 0.6 is 0 Å². The SMILES string of the molecule is CCCCN(CC)c1ncccc1[C@H](C)N. The number of hydrogen-bond donors (Lipinski definition) is 1. The fraction of sp³-hybridized carbons (Fsp3) is 0.615. The van der Waals surface area contributed by atoms with E-state index in [1.54, 1.807) is 0 Å². The van der Waals surface area contributed by atoms with Gasteiger partial charge in [0.25, 0.3) is 0 Å². The van der Waals surface area contributed by atoms with Crippen molar-refractivity contribution in [1.82, 2.24) is 4.98 Å². The van der Waals surface area contributed by atoms with Crippen LogP contribution in [0.4, 0.5) is 5.82 Å². The number of hydrogen-bond acceptors (Lipinski definition) is 3. The highest BCUT2D eigenvalue weighted by molar-refractivity contribution is 5.48. The minimum Gasteiger partial charge on any atom is -0.357 e. The minimum atomic E-state index is 0.0411. The highest BCUT2D eigenvalue weighted by atomic mass is 15.2. The summed E-state index contributed by atoms with van der Waals surface area (Å²) in [6.07, 6.45) is 4.25. The molecule has 1 rings (SSSR count). The molecule has 1 aromatic heterocycles. The van der Waals surface area contributed by atoms with E-state index in [4.69, 9.17) is 5.73 Å². The molecule has 2 N–H and O–H groups in total. The Labute approximate surface area is 98.7 Å². The van der Waals surface area contributed by atoms with Crippen LogP contribution in [0.15, 0.2) is 18.3 Å². The Balaban J connectivity index is 2.90. The molecule has 0 amide bonds. The molecule has 0 saturated heterocycles. The van der Waals surface area contributed by atoms with Crippen LogP contribution in [-0.2, 0) is 0 Å². The van der Waals surface area contributed by atoms with Crippen molar-refractivity contribution in [2.75, 3.05) is 18.0 Å². The van der Waals surface area contributed by atoms with Crippen molar-refractivity contribution in [3.8, 4) is 0 Å². The van der Waals surface area contributed by atoms with Gasteiger partial charge >= 0.3 is 0 Å². The molecule has 0 unspecified atom stereocenters. The minimum absolute atomic E-state index is 0.0411. The van der Waals surface area contributed by atoms with Crippen LogP contribution < -0.4 is 10.6 Å². The van der Waals surface area contributed by atoms with Gasteiger partial charge in [0, 0.05) is 30.9 Å². The highest BCUT2D eigenvalue weighted by Crippen LogP contribution is 2.22. The molecule has 1 aromatic rings. The number of unbranched alkanes of at least 4 members (excludes halogenated alkanes) is 1. The average Bonchev–Trinajstić information content (AvgIpc) is 2.30. The van der Waals surface area contributed by atoms with E-state index >= 15 is 0 Å². The van der Waals surface area contributed by atoms with Crippen LogP contribution in [0.5, 0.6) is 0 Å². The first-order chi connectivity index (χ1) is 7.70. The standard InChI is InChI=1S/C13H23N3/c1-4-6-10-16(5-2)13-12(11(3)14)8-7-9-15-13/h7-9,11H,4-6,10,14H2,1-3H3/t11-/m0/s1. The maximum atomic E-state index is 5.97. The van der Waals surface area contributed by atoms with Gasteiger partial charge in [-0.3, -0.25) is 0 Å². The van der Waals surface area contributed by atoms with Gasteiger partial charge in [0.05, 0.1) is 0 Å². The van der Waals surface area contributed by atoms with E-state index in [2.05, 4.69) is 29.8 Å². The molecule has 0 aliphatic carbocycles. The Morgan fingerprint density at radius 3 is 2.75 bits per heavy atom. The van der Waals surface area contributed by atoms with Crippen LogP contribution in [-0.4, -0.2) is 18.1 Å². The van der Waals surface area contributed by atoms with Crippen molar-refractivity contribution in [3.05, 3.63) is 23.9 Å². The summed E-state index contributed by atoms with van der Waals surface area (Å²) in [6.45, 7) is 8.42. The van der Waals surface area contributed by atoms with Gasteiger partial charge < -0.3 is 10.6 Å². The predicted molar refractivity (Wildman–Crippen MR) is 69.6 cm³/mol. The maximum Gasteiger partial charge on any atom is 0.133 e. The Morgan fingerprint density at radius 2 is 2.19 bits per heavy atom. The third kappa shape index (κ3) is 3.20. The normalized spacial score (nSPS) is 12.5. The van der Waals surface area contributed by atoms with Crippen LogP contribution in [0.3, 0.4) is 0 Å². The third-order valence-electron chi connectivity index (χ3n) is 2.77. The van der Waals surface area contributed by atoms with E-state index in [0.717, 1.165) is 24.5 Å². The van der Waals surface area contributed by atoms with E-state index < -0.39 is 0 Å². The summed E-state index contributed by atoms with van der Waals surface area (Å²) in [4.78, 5) is 6.78. The van der Waals surface area contributed by atoms with Gasteiger partial charge in [0.15, 0.2) is 0 Å². The van der Waals surface area contributed by atoms with Crippen LogP contribution in [0, 0.1) is 0 Å². The molecule has 0 aliphatic heterocycles. The third-order valence-corrected chi connectivity index (χ3v) is 2.77. The molecule has 90 valence electrons. The summed E-state index contributed by atoms with van der Waals surface area (Å²) in [5, 5.41) is 0. The zero-order valence-electron chi connectivity index (χ0n) is 10.6. The molecule has 0 fully saturated rings. The van der Waals surface area contributed by atoms with E-state index in [0.29, 0.717) is 0 Å². The van der Waals surface area contributed by atoms with E-state index in [1.807, 2.05) is 19.2 Å². The second kappa shape index (κ2) is 6.48. The summed E-state index contributed by atoms with van der Waals surface area (Å²) < 4.78 is 0. The van der Waals surface area contributed by atoms with Gasteiger partial charge in [0.2, 0.25) is 0 Å². The fourth-order valence-electron chi connectivity index (χ4n) is 1.79. The summed E-state index contributed by atoms with van der Waals surface area (Å²) in [5.41, 5.74) is 7.11. The molecule has 0 saturated carbocycles. The Kier molecular flexibility index (Phi) is 5.26. The molecule has 1 atom stereocenters. The molecular formula is C13H23N3. The summed E-state index contributed by atoms with van der Waals surface area (Å²) in [5.74, 6) is 1.05. The quantitative estimate of drug-likeness (QED) is 0.803. The summed E-state index contributed by atoms with van der Waals surface area (Å²) in [6, 6.07) is 4.07. The second-order valence-corrected chi connectivity index (χ2v) is 4.14. The number of aromatic nitrogens is 1. The van der Waals surface area contributed by atoms with Crippen molar-refractivity contribution in [3.63, 3.8) is 0 Å². The highest BCUT2D eigenvalue weighted by Gasteiger charge is 2.12. The van der Waals surface area contributed by atoms with Gasteiger partial charge in [-0.25, -0.2) is 4.98 Å². The van der Waals surface area contributed by atoms with Gasteiger partial charge in [-0.05, 0) is 26.3 Å². The van der Waals surface area contributed by atoms with Crippen LogP contribution in [0.1, 0.15) is 45.2 Å². The Hall–Kier alpha value is -1.09. The monoisotopic (exact) mass is 221 g/mol. The molecule has 3 heteroatoms. The van der Waals surface area contributed by atoms with E-state index in [-0.39, 0.29) is 6.04 Å². The lowest BCUT2D eigenvalue weighted by atomic mass is 10.1. The fourth-order valence-corrected chi connectivity index (χ4v) is 1.79. The smallest absolute Gasteiger partial charge is 0.133 e. The first-order valence-corrected chi connectivity index (χ1v) is 6.16. The number of anilines is 1. The number of nitrogens with zero attached hydrogens (tertiary/aromatic N) is 2. The van der Waals surface area contributed by atoms with Gasteiger partial charge in [0.1, 0.15) is 5.82 Å². The lowest BCUT2D eigenvalue weighted by molar-refractivity contribution is 0.709. The second-order valence-electron chi connectivity index (χ2n) is 4.14. The average molecular weight is 221 g/mol. The molecule has 16 heavy (non-hydrogen) atoms. The predicted octanol–water partition coefficient (Wildman–Crippen LogP) is 2.73. The largest absolute Gasteiger partial charge is 0.357 e. The van der Waals surface area contributed by atoms with Gasteiger partial charge in [-0.2, -0.15) is 0 Å². The number of nitrogens with two attached hydrogens (primary N) is 1. The molecule has 0 radical (unpaired) electrons. The van der Waals surface area contributed by atoms with Gasteiger partial charge in [-0.15, -0.1) is 0 Å². The first kappa shape index (κ1) is 13.0. The molecule has 0 spiro atoms. The number of rotatable bonds is 6. The first-order valence-electron chi connectivity index (χ1n) is 6.16. The van der Waals surface area contributed by atoms with Crippen molar-refractivity contribution >= 4 is 5.82 Å². The van der Waals surface area contributed by atoms with Crippen molar-refractivity contribution in [2.24, 2.45) is 5.73 Å². The van der Waals surface area contributed by atoms with Crippen LogP contribution in [0.2, 0.25) is 0 Å². The Morgan fingerprint density at radius 1 is 1.44 bits per heavy atom. The molecule has 1 heterocycles. The molecular weight excluding hydrogens is 198 g/mol. The molecule has 3 nitrogen and oxygen atoms in total. The maximum absolute atomic E-state index is 5.97. The van der Waals surface area contributed by atoms with Crippen LogP contribution in [0.25, 0.3) is 0 Å². The molecule has 0 bridgehead atoms. The Bertz CT molecular complexity index is 310. The van der Waals surface area contributed by atoms with E-state index in [9.17, 15) is 0 Å².